The molecule has 106 valence electrons. The maximum absolute atomic E-state index is 10.7. The average Bonchev–Trinajstić information content (AvgIpc) is 2.81. The lowest BCUT2D eigenvalue weighted by atomic mass is 9.95. The van der Waals surface area contributed by atoms with Crippen molar-refractivity contribution in [2.24, 2.45) is 0 Å². The Bertz CT molecular complexity index is 428. The van der Waals surface area contributed by atoms with Gasteiger partial charge in [0.05, 0.1) is 5.75 Å². The largest absolute Gasteiger partial charge is 0.481 e. The van der Waals surface area contributed by atoms with E-state index in [0.717, 1.165) is 36.7 Å². The Kier molecular flexibility index (Phi) is 5.24. The van der Waals surface area contributed by atoms with Crippen LogP contribution in [0.5, 0.6) is 0 Å². The highest BCUT2D eigenvalue weighted by Gasteiger charge is 2.22. The zero-order valence-corrected chi connectivity index (χ0v) is 12.2. The Hall–Kier alpha value is -1.04. The number of carbonyl (C=O) groups is 1. The first-order valence-corrected chi connectivity index (χ1v) is 7.99. The molecule has 19 heavy (non-hydrogen) atoms. The van der Waals surface area contributed by atoms with Gasteiger partial charge in [0.1, 0.15) is 5.82 Å². The van der Waals surface area contributed by atoms with Crippen LogP contribution in [0.15, 0.2) is 5.16 Å². The minimum absolute atomic E-state index is 0.0526. The maximum Gasteiger partial charge on any atom is 0.313 e. The fourth-order valence-corrected chi connectivity index (χ4v) is 3.38. The summed E-state index contributed by atoms with van der Waals surface area (Å²) >= 11 is 1.29. The van der Waals surface area contributed by atoms with Gasteiger partial charge in [0.25, 0.3) is 0 Å². The first-order chi connectivity index (χ1) is 9.22. The van der Waals surface area contributed by atoms with Crippen LogP contribution in [0, 0.1) is 0 Å². The molecule has 0 amide bonds. The monoisotopic (exact) mass is 283 g/mol. The van der Waals surface area contributed by atoms with Crippen molar-refractivity contribution in [1.82, 2.24) is 14.8 Å². The zero-order chi connectivity index (χ0) is 13.7. The molecule has 0 aromatic carbocycles. The predicted molar refractivity (Wildman–Crippen MR) is 74.5 cm³/mol. The van der Waals surface area contributed by atoms with Crippen LogP contribution < -0.4 is 0 Å². The molecule has 6 heteroatoms. The van der Waals surface area contributed by atoms with Crippen LogP contribution in [-0.2, 0) is 11.2 Å². The number of carboxylic acids is 1. The van der Waals surface area contributed by atoms with E-state index in [1.807, 2.05) is 0 Å². The molecule has 0 radical (unpaired) electrons. The number of aryl methyl sites for hydroxylation is 1. The molecule has 0 bridgehead atoms. The molecule has 2 rings (SSSR count). The van der Waals surface area contributed by atoms with E-state index >= 15 is 0 Å². The van der Waals surface area contributed by atoms with E-state index in [1.165, 1.54) is 31.0 Å². The number of hydrogen-bond donors (Lipinski definition) is 1. The molecule has 1 heterocycles. The van der Waals surface area contributed by atoms with Crippen molar-refractivity contribution in [3.8, 4) is 0 Å². The average molecular weight is 283 g/mol. The number of aliphatic carboxylic acids is 1. The van der Waals surface area contributed by atoms with Crippen molar-refractivity contribution in [2.45, 2.75) is 63.1 Å². The Morgan fingerprint density at radius 1 is 1.37 bits per heavy atom. The second-order valence-electron chi connectivity index (χ2n) is 4.99. The van der Waals surface area contributed by atoms with E-state index in [1.54, 1.807) is 0 Å². The van der Waals surface area contributed by atoms with Crippen molar-refractivity contribution in [1.29, 1.82) is 0 Å². The highest BCUT2D eigenvalue weighted by atomic mass is 32.2. The van der Waals surface area contributed by atoms with Gasteiger partial charge >= 0.3 is 5.97 Å². The summed E-state index contributed by atoms with van der Waals surface area (Å²) in [6.45, 7) is 2.13. The minimum Gasteiger partial charge on any atom is -0.481 e. The van der Waals surface area contributed by atoms with Gasteiger partial charge in [-0.1, -0.05) is 37.9 Å². The predicted octanol–water partition coefficient (Wildman–Crippen LogP) is 2.91. The normalized spacial score (nSPS) is 16.7. The highest BCUT2D eigenvalue weighted by Crippen LogP contribution is 2.32. The molecule has 1 aromatic rings. The minimum atomic E-state index is -0.805. The van der Waals surface area contributed by atoms with Crippen molar-refractivity contribution in [3.05, 3.63) is 5.82 Å². The van der Waals surface area contributed by atoms with E-state index in [0.29, 0.717) is 6.04 Å². The molecular formula is C13H21N3O2S. The number of nitrogens with zero attached hydrogens (tertiary/aromatic N) is 3. The summed E-state index contributed by atoms with van der Waals surface area (Å²) in [5.74, 6) is 0.263. The summed E-state index contributed by atoms with van der Waals surface area (Å²) in [7, 11) is 0. The molecule has 0 unspecified atom stereocenters. The number of carboxylic acid groups (broad SMARTS) is 1. The molecule has 0 spiro atoms. The van der Waals surface area contributed by atoms with Crippen LogP contribution in [0.25, 0.3) is 0 Å². The van der Waals surface area contributed by atoms with Crippen LogP contribution in [0.1, 0.15) is 57.3 Å². The Morgan fingerprint density at radius 3 is 2.74 bits per heavy atom. The van der Waals surface area contributed by atoms with Gasteiger partial charge in [0.2, 0.25) is 0 Å². The summed E-state index contributed by atoms with van der Waals surface area (Å²) < 4.78 is 2.20. The van der Waals surface area contributed by atoms with E-state index in [2.05, 4.69) is 21.7 Å². The molecule has 0 saturated heterocycles. The summed E-state index contributed by atoms with van der Waals surface area (Å²) in [5.41, 5.74) is 0. The third kappa shape index (κ3) is 3.72. The molecule has 1 aromatic heterocycles. The van der Waals surface area contributed by atoms with E-state index < -0.39 is 5.97 Å². The van der Waals surface area contributed by atoms with Crippen LogP contribution in [0.4, 0.5) is 0 Å². The summed E-state index contributed by atoms with van der Waals surface area (Å²) in [6.07, 6.45) is 8.07. The molecule has 0 aliphatic heterocycles. The van der Waals surface area contributed by atoms with Crippen LogP contribution in [0.2, 0.25) is 0 Å². The molecular weight excluding hydrogens is 262 g/mol. The third-order valence-corrected chi connectivity index (χ3v) is 4.40. The second kappa shape index (κ2) is 6.93. The maximum atomic E-state index is 10.7. The molecule has 1 aliphatic carbocycles. The van der Waals surface area contributed by atoms with Crippen LogP contribution in [-0.4, -0.2) is 31.6 Å². The smallest absolute Gasteiger partial charge is 0.313 e. The van der Waals surface area contributed by atoms with Gasteiger partial charge in [-0.15, -0.1) is 10.2 Å². The van der Waals surface area contributed by atoms with E-state index in [4.69, 9.17) is 5.11 Å². The van der Waals surface area contributed by atoms with Gasteiger partial charge < -0.3 is 9.67 Å². The summed E-state index contributed by atoms with van der Waals surface area (Å²) in [5, 5.41) is 18.0. The summed E-state index contributed by atoms with van der Waals surface area (Å²) in [6, 6.07) is 0.460. The van der Waals surface area contributed by atoms with Gasteiger partial charge in [-0.25, -0.2) is 0 Å². The SMILES string of the molecule is CCCc1nnc(SCC(=O)O)n1C1CCCCC1. The van der Waals surface area contributed by atoms with Gasteiger partial charge in [-0.2, -0.15) is 0 Å². The first-order valence-electron chi connectivity index (χ1n) is 7.00. The van der Waals surface area contributed by atoms with Crippen molar-refractivity contribution in [3.63, 3.8) is 0 Å². The molecule has 0 atom stereocenters. The zero-order valence-electron chi connectivity index (χ0n) is 11.3. The van der Waals surface area contributed by atoms with Gasteiger partial charge in [-0.3, -0.25) is 4.79 Å². The first kappa shape index (κ1) is 14.4. The second-order valence-corrected chi connectivity index (χ2v) is 5.94. The lowest BCUT2D eigenvalue weighted by Gasteiger charge is -2.25. The van der Waals surface area contributed by atoms with Gasteiger partial charge in [0.15, 0.2) is 5.16 Å². The summed E-state index contributed by atoms with van der Waals surface area (Å²) in [4.78, 5) is 10.7. The molecule has 1 fully saturated rings. The lowest BCUT2D eigenvalue weighted by molar-refractivity contribution is -0.133. The van der Waals surface area contributed by atoms with E-state index in [9.17, 15) is 4.79 Å². The number of rotatable bonds is 6. The molecule has 5 nitrogen and oxygen atoms in total. The number of aromatic nitrogens is 3. The highest BCUT2D eigenvalue weighted by molar-refractivity contribution is 7.99. The Balaban J connectivity index is 2.18. The van der Waals surface area contributed by atoms with Crippen molar-refractivity contribution >= 4 is 17.7 Å². The Labute approximate surface area is 117 Å². The molecule has 1 saturated carbocycles. The van der Waals surface area contributed by atoms with E-state index in [-0.39, 0.29) is 5.75 Å². The topological polar surface area (TPSA) is 68.0 Å². The standard InChI is InChI=1S/C13H21N3O2S/c1-2-6-11-14-15-13(19-9-12(17)18)16(11)10-7-4-3-5-8-10/h10H,2-9H2,1H3,(H,17,18). The molecule has 1 N–H and O–H groups in total. The molecule has 1 aliphatic rings. The number of hydrogen-bond acceptors (Lipinski definition) is 4. The van der Waals surface area contributed by atoms with Gasteiger partial charge in [-0.05, 0) is 19.3 Å². The fourth-order valence-electron chi connectivity index (χ4n) is 2.63. The van der Waals surface area contributed by atoms with Crippen molar-refractivity contribution in [2.75, 3.05) is 5.75 Å². The number of thioether (sulfide) groups is 1. The fraction of sp³-hybridized carbons (Fsp3) is 0.769. The van der Waals surface area contributed by atoms with Crippen molar-refractivity contribution < 1.29 is 9.90 Å². The van der Waals surface area contributed by atoms with Gasteiger partial charge in [0, 0.05) is 12.5 Å². The lowest BCUT2D eigenvalue weighted by Crippen LogP contribution is -2.17. The van der Waals surface area contributed by atoms with Crippen LogP contribution in [0.3, 0.4) is 0 Å². The van der Waals surface area contributed by atoms with Crippen LogP contribution >= 0.6 is 11.8 Å². The Morgan fingerprint density at radius 2 is 2.11 bits per heavy atom. The third-order valence-electron chi connectivity index (χ3n) is 3.47. The quantitative estimate of drug-likeness (QED) is 0.813.